The van der Waals surface area contributed by atoms with Crippen molar-refractivity contribution in [3.05, 3.63) is 120 Å². The van der Waals surface area contributed by atoms with Crippen molar-refractivity contribution in [2.45, 2.75) is 13.5 Å². The molecule has 2 aromatic heterocycles. The van der Waals surface area contributed by atoms with E-state index in [1.54, 1.807) is 6.92 Å². The first kappa shape index (κ1) is 25.3. The van der Waals surface area contributed by atoms with Gasteiger partial charge in [0.25, 0.3) is 0 Å². The summed E-state index contributed by atoms with van der Waals surface area (Å²) >= 11 is 1.44. The van der Waals surface area contributed by atoms with Gasteiger partial charge in [-0.3, -0.25) is 9.59 Å². The molecule has 0 aliphatic rings. The van der Waals surface area contributed by atoms with Crippen LogP contribution in [0.5, 0.6) is 0 Å². The molecule has 0 aliphatic heterocycles. The van der Waals surface area contributed by atoms with Gasteiger partial charge < -0.3 is 22.3 Å². The highest BCUT2D eigenvalue weighted by molar-refractivity contribution is 7.19. The summed E-state index contributed by atoms with van der Waals surface area (Å²) in [5.41, 5.74) is 4.33. The normalized spacial score (nSPS) is 10.5. The molecule has 0 saturated carbocycles. The molecule has 180 valence electrons. The van der Waals surface area contributed by atoms with Crippen LogP contribution in [0.3, 0.4) is 0 Å². The van der Waals surface area contributed by atoms with E-state index in [-0.39, 0.29) is 35.1 Å². The van der Waals surface area contributed by atoms with E-state index < -0.39 is 0 Å². The summed E-state index contributed by atoms with van der Waals surface area (Å²) in [7, 11) is 0. The van der Waals surface area contributed by atoms with E-state index >= 15 is 0 Å². The van der Waals surface area contributed by atoms with Crippen LogP contribution < -0.4 is 26.9 Å². The number of para-hydroxylation sites is 1. The Morgan fingerprint density at radius 2 is 1.50 bits per heavy atom. The molecule has 0 aliphatic carbocycles. The fourth-order valence-electron chi connectivity index (χ4n) is 4.03. The molecule has 2 heterocycles. The van der Waals surface area contributed by atoms with Crippen LogP contribution in [0.2, 0.25) is 0 Å². The highest BCUT2D eigenvalue weighted by Crippen LogP contribution is 2.44. The van der Waals surface area contributed by atoms with Gasteiger partial charge in [-0.15, -0.1) is 11.3 Å². The van der Waals surface area contributed by atoms with Gasteiger partial charge in [-0.25, -0.2) is 4.57 Å². The number of ketones is 2. The number of carbonyl (C=O) groups excluding carboxylic acids is 2. The van der Waals surface area contributed by atoms with Gasteiger partial charge in [-0.05, 0) is 24.6 Å². The van der Waals surface area contributed by atoms with Gasteiger partial charge in [-0.1, -0.05) is 78.9 Å². The number of hydrogen-bond donors (Lipinski definition) is 1. The standard InChI is InChI=1S/C29H23N3O2S.BrH/c1-21(33)28-26(23-13-7-3-8-14-23)27(29(35-28)30-24-15-9-4-10-16-24)32-18-17-31(20-32)19-25(34)22-11-5-2-6-12-22;/h2-18,20H,19H2,1H3;1H. The average Bonchev–Trinajstić information content (AvgIpc) is 3.50. The first-order chi connectivity index (χ1) is 17.1. The molecule has 5 nitrogen and oxygen atoms in total. The van der Waals surface area contributed by atoms with Gasteiger partial charge in [-0.2, -0.15) is 4.57 Å². The fraction of sp³-hybridized carbons (Fsp3) is 0.0690. The zero-order valence-electron chi connectivity index (χ0n) is 19.6. The molecule has 0 unspecified atom stereocenters. The van der Waals surface area contributed by atoms with Crippen molar-refractivity contribution in [3.63, 3.8) is 0 Å². The van der Waals surface area contributed by atoms with Gasteiger partial charge in [0.2, 0.25) is 12.1 Å². The molecule has 1 N–H and O–H groups in total. The van der Waals surface area contributed by atoms with Crippen LogP contribution in [-0.2, 0) is 6.54 Å². The lowest BCUT2D eigenvalue weighted by Crippen LogP contribution is -3.00. The number of carbonyl (C=O) groups is 2. The minimum absolute atomic E-state index is 0. The summed E-state index contributed by atoms with van der Waals surface area (Å²) in [6.45, 7) is 1.82. The molecule has 5 aromatic rings. The third-order valence-electron chi connectivity index (χ3n) is 5.67. The van der Waals surface area contributed by atoms with Crippen LogP contribution >= 0.6 is 11.3 Å². The number of rotatable bonds is 8. The Bertz CT molecular complexity index is 1480. The molecule has 0 radical (unpaired) electrons. The number of Topliss-reactive ketones (excluding diaryl/α,β-unsaturated/α-hetero) is 2. The second-order valence-corrected chi connectivity index (χ2v) is 9.20. The highest BCUT2D eigenvalue weighted by atomic mass is 79.9. The maximum absolute atomic E-state index is 12.8. The molecule has 0 bridgehead atoms. The number of nitrogens with zero attached hydrogens (tertiary/aromatic N) is 2. The van der Waals surface area contributed by atoms with Crippen LogP contribution in [-0.4, -0.2) is 16.1 Å². The van der Waals surface area contributed by atoms with Crippen molar-refractivity contribution in [2.24, 2.45) is 0 Å². The van der Waals surface area contributed by atoms with Crippen LogP contribution in [0.15, 0.2) is 110 Å². The second kappa shape index (κ2) is 11.3. The zero-order valence-corrected chi connectivity index (χ0v) is 22.0. The van der Waals surface area contributed by atoms with Gasteiger partial charge in [0.1, 0.15) is 17.4 Å². The first-order valence-electron chi connectivity index (χ1n) is 11.3. The molecular weight excluding hydrogens is 534 g/mol. The SMILES string of the molecule is CC(=O)c1sc(Nc2ccccc2)c(-n2cc[n+](CC(=O)c3ccccc3)c2)c1-c1ccccc1.[Br-]. The maximum atomic E-state index is 12.8. The summed E-state index contributed by atoms with van der Waals surface area (Å²) < 4.78 is 3.84. The lowest BCUT2D eigenvalue weighted by atomic mass is 10.0. The van der Waals surface area contributed by atoms with Crippen molar-refractivity contribution < 1.29 is 31.1 Å². The van der Waals surface area contributed by atoms with E-state index in [9.17, 15) is 9.59 Å². The molecule has 0 atom stereocenters. The van der Waals surface area contributed by atoms with Crippen LogP contribution in [0.25, 0.3) is 16.8 Å². The number of hydrogen-bond acceptors (Lipinski definition) is 4. The largest absolute Gasteiger partial charge is 1.00 e. The summed E-state index contributed by atoms with van der Waals surface area (Å²) in [4.78, 5) is 26.2. The molecule has 3 aromatic carbocycles. The number of benzene rings is 3. The van der Waals surface area contributed by atoms with E-state index in [0.29, 0.717) is 10.4 Å². The summed E-state index contributed by atoms with van der Waals surface area (Å²) in [6, 6.07) is 29.1. The number of thiophene rings is 1. The zero-order chi connectivity index (χ0) is 24.2. The highest BCUT2D eigenvalue weighted by Gasteiger charge is 2.27. The van der Waals surface area contributed by atoms with Gasteiger partial charge in [0.15, 0.2) is 18.0 Å². The van der Waals surface area contributed by atoms with Crippen LogP contribution in [0.1, 0.15) is 27.0 Å². The summed E-state index contributed by atoms with van der Waals surface area (Å²) in [6.07, 6.45) is 5.70. The fourth-order valence-corrected chi connectivity index (χ4v) is 5.17. The number of anilines is 2. The lowest BCUT2D eigenvalue weighted by molar-refractivity contribution is -0.682. The Balaban J connectivity index is 0.00000304. The van der Waals surface area contributed by atoms with Gasteiger partial charge in [0, 0.05) is 11.3 Å². The first-order valence-corrected chi connectivity index (χ1v) is 12.1. The molecule has 7 heteroatoms. The molecular formula is C29H24BrN3O2S. The number of aromatic nitrogens is 2. The number of nitrogens with one attached hydrogen (secondary N) is 1. The van der Waals surface area contributed by atoms with Crippen molar-refractivity contribution in [1.29, 1.82) is 0 Å². The number of halogens is 1. The smallest absolute Gasteiger partial charge is 0.249 e. The Labute approximate surface area is 224 Å². The van der Waals surface area contributed by atoms with Gasteiger partial charge >= 0.3 is 0 Å². The molecule has 0 fully saturated rings. The molecule has 0 spiro atoms. The second-order valence-electron chi connectivity index (χ2n) is 8.18. The molecule has 0 saturated heterocycles. The Kier molecular flexibility index (Phi) is 7.93. The monoisotopic (exact) mass is 557 g/mol. The van der Waals surface area contributed by atoms with Crippen molar-refractivity contribution in [1.82, 2.24) is 4.57 Å². The lowest BCUT2D eigenvalue weighted by Gasteiger charge is -2.07. The van der Waals surface area contributed by atoms with Gasteiger partial charge in [0.05, 0.1) is 10.4 Å². The maximum Gasteiger partial charge on any atom is 0.249 e. The molecule has 36 heavy (non-hydrogen) atoms. The Morgan fingerprint density at radius 3 is 2.14 bits per heavy atom. The van der Waals surface area contributed by atoms with E-state index in [1.807, 2.05) is 119 Å². The Morgan fingerprint density at radius 1 is 0.889 bits per heavy atom. The van der Waals surface area contributed by atoms with E-state index in [4.69, 9.17) is 0 Å². The summed E-state index contributed by atoms with van der Waals surface area (Å²) in [5.74, 6) is 0.0458. The third kappa shape index (κ3) is 5.37. The minimum Gasteiger partial charge on any atom is -1.00 e. The van der Waals surface area contributed by atoms with Crippen LogP contribution in [0, 0.1) is 0 Å². The Hall–Kier alpha value is -3.81. The van der Waals surface area contributed by atoms with Crippen molar-refractivity contribution in [2.75, 3.05) is 5.32 Å². The predicted octanol–water partition coefficient (Wildman–Crippen LogP) is 3.33. The number of imidazole rings is 1. The topological polar surface area (TPSA) is 55.0 Å². The summed E-state index contributed by atoms with van der Waals surface area (Å²) in [5, 5.41) is 4.36. The molecule has 0 amide bonds. The van der Waals surface area contributed by atoms with Crippen molar-refractivity contribution in [3.8, 4) is 16.8 Å². The van der Waals surface area contributed by atoms with Crippen molar-refractivity contribution >= 4 is 33.6 Å². The average molecular weight is 559 g/mol. The minimum atomic E-state index is 0. The van der Waals surface area contributed by atoms with E-state index in [0.717, 1.165) is 27.5 Å². The van der Waals surface area contributed by atoms with E-state index in [2.05, 4.69) is 5.32 Å². The predicted molar refractivity (Wildman–Crippen MR) is 140 cm³/mol. The van der Waals surface area contributed by atoms with Crippen LogP contribution in [0.4, 0.5) is 10.7 Å². The third-order valence-corrected chi connectivity index (χ3v) is 6.86. The quantitative estimate of drug-likeness (QED) is 0.235. The van der Waals surface area contributed by atoms with E-state index in [1.165, 1.54) is 11.3 Å². The molecule has 5 rings (SSSR count).